The van der Waals surface area contributed by atoms with Crippen molar-refractivity contribution in [2.45, 2.75) is 19.9 Å². The minimum absolute atomic E-state index is 0.00805. The third kappa shape index (κ3) is 8.79. The van der Waals surface area contributed by atoms with Crippen molar-refractivity contribution in [1.29, 1.82) is 0 Å². The van der Waals surface area contributed by atoms with Crippen molar-refractivity contribution in [2.75, 3.05) is 23.8 Å². The number of primary sulfonamides is 1. The van der Waals surface area contributed by atoms with Gasteiger partial charge in [-0.3, -0.25) is 0 Å². The Labute approximate surface area is 91.2 Å². The highest BCUT2D eigenvalue weighted by atomic mass is 32.2. The lowest BCUT2D eigenvalue weighted by Gasteiger charge is -2.12. The van der Waals surface area contributed by atoms with E-state index in [-0.39, 0.29) is 29.8 Å². The molecule has 0 heterocycles. The van der Waals surface area contributed by atoms with Gasteiger partial charge in [-0.2, -0.15) is 0 Å². The maximum Gasteiger partial charge on any atom is 0.210 e. The Morgan fingerprint density at radius 2 is 1.80 bits per heavy atom. The molecule has 0 radical (unpaired) electrons. The molecule has 0 saturated heterocycles. The Kier molecular flexibility index (Phi) is 5.71. The van der Waals surface area contributed by atoms with Crippen molar-refractivity contribution in [3.63, 3.8) is 0 Å². The van der Waals surface area contributed by atoms with Crippen LogP contribution in [0.2, 0.25) is 0 Å². The summed E-state index contributed by atoms with van der Waals surface area (Å²) in [5.41, 5.74) is 0. The first kappa shape index (κ1) is 14.8. The Bertz CT molecular complexity index is 374. The molecule has 0 aliphatic heterocycles. The molecule has 0 aliphatic rings. The lowest BCUT2D eigenvalue weighted by Crippen LogP contribution is -2.37. The van der Waals surface area contributed by atoms with E-state index in [1.54, 1.807) is 13.8 Å². The maximum absolute atomic E-state index is 11.2. The summed E-state index contributed by atoms with van der Waals surface area (Å²) in [7, 11) is -6.51. The fraction of sp³-hybridized carbons (Fsp3) is 1.00. The predicted octanol–water partition coefficient (Wildman–Crippen LogP) is -1.31. The molecule has 0 rings (SSSR count). The van der Waals surface area contributed by atoms with Crippen LogP contribution >= 0.6 is 0 Å². The summed E-state index contributed by atoms with van der Waals surface area (Å²) >= 11 is 0. The topological polar surface area (TPSA) is 106 Å². The number of sulfone groups is 1. The molecular weight excluding hydrogens is 240 g/mol. The van der Waals surface area contributed by atoms with Crippen LogP contribution < -0.4 is 10.5 Å². The molecule has 15 heavy (non-hydrogen) atoms. The molecule has 0 amide bonds. The van der Waals surface area contributed by atoms with Gasteiger partial charge in [0.15, 0.2) is 9.84 Å². The average Bonchev–Trinajstić information content (AvgIpc) is 2.00. The van der Waals surface area contributed by atoms with Crippen molar-refractivity contribution < 1.29 is 16.8 Å². The zero-order valence-corrected chi connectivity index (χ0v) is 10.6. The van der Waals surface area contributed by atoms with E-state index in [1.165, 1.54) is 0 Å². The van der Waals surface area contributed by atoms with Crippen LogP contribution in [-0.4, -0.2) is 46.7 Å². The van der Waals surface area contributed by atoms with E-state index in [1.807, 2.05) is 0 Å². The van der Waals surface area contributed by atoms with Crippen molar-refractivity contribution in [2.24, 2.45) is 5.14 Å². The minimum atomic E-state index is -3.48. The van der Waals surface area contributed by atoms with Gasteiger partial charge in [0.25, 0.3) is 0 Å². The first-order chi connectivity index (χ1) is 6.66. The molecule has 0 aromatic rings. The summed E-state index contributed by atoms with van der Waals surface area (Å²) in [6, 6.07) is -0.267. The van der Waals surface area contributed by atoms with Gasteiger partial charge >= 0.3 is 0 Å². The number of sulfonamides is 1. The zero-order chi connectivity index (χ0) is 12.1. The van der Waals surface area contributed by atoms with E-state index in [4.69, 9.17) is 5.14 Å². The lowest BCUT2D eigenvalue weighted by molar-refractivity contribution is 0.562. The van der Waals surface area contributed by atoms with E-state index in [0.717, 1.165) is 0 Å². The highest BCUT2D eigenvalue weighted by Gasteiger charge is 2.13. The first-order valence-electron chi connectivity index (χ1n) is 4.60. The molecule has 1 atom stereocenters. The van der Waals surface area contributed by atoms with Gasteiger partial charge in [0, 0.05) is 18.3 Å². The Hall–Kier alpha value is -0.180. The monoisotopic (exact) mass is 258 g/mol. The SMILES string of the molecule is CCS(=O)(=O)CC(C)NCCS(N)(=O)=O. The van der Waals surface area contributed by atoms with Crippen molar-refractivity contribution in [3.05, 3.63) is 0 Å². The van der Waals surface area contributed by atoms with E-state index in [2.05, 4.69) is 5.32 Å². The number of nitrogens with one attached hydrogen (secondary N) is 1. The minimum Gasteiger partial charge on any atom is -0.312 e. The summed E-state index contributed by atoms with van der Waals surface area (Å²) in [4.78, 5) is 0. The van der Waals surface area contributed by atoms with Crippen molar-refractivity contribution in [3.8, 4) is 0 Å². The van der Waals surface area contributed by atoms with Crippen molar-refractivity contribution >= 4 is 19.9 Å². The molecule has 0 fully saturated rings. The number of rotatable bonds is 7. The zero-order valence-electron chi connectivity index (χ0n) is 8.93. The van der Waals surface area contributed by atoms with Crippen LogP contribution in [0.3, 0.4) is 0 Å². The largest absolute Gasteiger partial charge is 0.312 e. The van der Waals surface area contributed by atoms with Gasteiger partial charge < -0.3 is 5.32 Å². The molecule has 0 aromatic heterocycles. The van der Waals surface area contributed by atoms with Gasteiger partial charge in [-0.05, 0) is 6.92 Å². The maximum atomic E-state index is 11.2. The standard InChI is InChI=1S/C7H18N2O4S2/c1-3-14(10,11)6-7(2)9-4-5-15(8,12)13/h7,9H,3-6H2,1-2H3,(H2,8,12,13). The summed E-state index contributed by atoms with van der Waals surface area (Å²) in [5.74, 6) is -0.0914. The molecule has 0 bridgehead atoms. The van der Waals surface area contributed by atoms with Crippen LogP contribution in [0, 0.1) is 0 Å². The fourth-order valence-corrected chi connectivity index (χ4v) is 2.52. The molecule has 0 aromatic carbocycles. The van der Waals surface area contributed by atoms with Gasteiger partial charge in [0.1, 0.15) is 0 Å². The second-order valence-corrected chi connectivity index (χ2v) is 7.55. The van der Waals surface area contributed by atoms with E-state index in [0.29, 0.717) is 0 Å². The van der Waals surface area contributed by atoms with E-state index >= 15 is 0 Å². The molecule has 0 saturated carbocycles. The summed E-state index contributed by atoms with van der Waals surface area (Å²) < 4.78 is 43.5. The fourth-order valence-electron chi connectivity index (χ4n) is 1.01. The number of nitrogens with two attached hydrogens (primary N) is 1. The van der Waals surface area contributed by atoms with E-state index in [9.17, 15) is 16.8 Å². The predicted molar refractivity (Wildman–Crippen MR) is 59.8 cm³/mol. The molecule has 3 N–H and O–H groups in total. The molecule has 1 unspecified atom stereocenters. The second kappa shape index (κ2) is 5.78. The molecule has 92 valence electrons. The average molecular weight is 258 g/mol. The van der Waals surface area contributed by atoms with Crippen LogP contribution in [0.15, 0.2) is 0 Å². The quantitative estimate of drug-likeness (QED) is 0.589. The second-order valence-electron chi connectivity index (χ2n) is 3.42. The Morgan fingerprint density at radius 3 is 2.20 bits per heavy atom. The Morgan fingerprint density at radius 1 is 1.27 bits per heavy atom. The van der Waals surface area contributed by atoms with Crippen LogP contribution in [0.1, 0.15) is 13.8 Å². The summed E-state index contributed by atoms with van der Waals surface area (Å²) in [5, 5.41) is 7.58. The van der Waals surface area contributed by atoms with Gasteiger partial charge in [0.2, 0.25) is 10.0 Å². The normalized spacial score (nSPS) is 15.1. The third-order valence-electron chi connectivity index (χ3n) is 1.82. The first-order valence-corrected chi connectivity index (χ1v) is 8.14. The molecule has 6 nitrogen and oxygen atoms in total. The lowest BCUT2D eigenvalue weighted by atomic mass is 10.4. The van der Waals surface area contributed by atoms with Crippen LogP contribution in [0.25, 0.3) is 0 Å². The third-order valence-corrected chi connectivity index (χ3v) is 4.48. The van der Waals surface area contributed by atoms with Gasteiger partial charge in [-0.1, -0.05) is 6.92 Å². The summed E-state index contributed by atoms with van der Waals surface area (Å²) in [6.45, 7) is 3.43. The van der Waals surface area contributed by atoms with Gasteiger partial charge in [-0.25, -0.2) is 22.0 Å². The number of hydrogen-bond acceptors (Lipinski definition) is 5. The Balaban J connectivity index is 3.92. The summed E-state index contributed by atoms with van der Waals surface area (Å²) in [6.07, 6.45) is 0. The smallest absolute Gasteiger partial charge is 0.210 e. The highest BCUT2D eigenvalue weighted by Crippen LogP contribution is 1.94. The van der Waals surface area contributed by atoms with Crippen LogP contribution in [0.4, 0.5) is 0 Å². The number of hydrogen-bond donors (Lipinski definition) is 2. The van der Waals surface area contributed by atoms with Crippen molar-refractivity contribution in [1.82, 2.24) is 5.32 Å². The van der Waals surface area contributed by atoms with Gasteiger partial charge in [0.05, 0.1) is 11.5 Å². The van der Waals surface area contributed by atoms with E-state index < -0.39 is 19.9 Å². The highest BCUT2D eigenvalue weighted by molar-refractivity contribution is 7.91. The molecule has 0 aliphatic carbocycles. The van der Waals surface area contributed by atoms with Crippen LogP contribution in [-0.2, 0) is 19.9 Å². The molecule has 8 heteroatoms. The van der Waals surface area contributed by atoms with Crippen LogP contribution in [0.5, 0.6) is 0 Å². The van der Waals surface area contributed by atoms with Gasteiger partial charge in [-0.15, -0.1) is 0 Å². The molecular formula is C7H18N2O4S2. The molecule has 0 spiro atoms.